The van der Waals surface area contributed by atoms with Gasteiger partial charge in [-0.05, 0) is 49.1 Å². The van der Waals surface area contributed by atoms with Gasteiger partial charge in [-0.2, -0.15) is 0 Å². The van der Waals surface area contributed by atoms with Crippen LogP contribution in [0.5, 0.6) is 0 Å². The van der Waals surface area contributed by atoms with E-state index in [0.717, 1.165) is 11.4 Å². The minimum Gasteiger partial charge on any atom is -0.313 e. The summed E-state index contributed by atoms with van der Waals surface area (Å²) in [6.07, 6.45) is 2.99. The second-order valence-electron chi connectivity index (χ2n) is 4.41. The minimum absolute atomic E-state index is 0.288. The zero-order valence-electron chi connectivity index (χ0n) is 11.2. The molecular formula is C16H18ClNS. The lowest BCUT2D eigenvalue weighted by Gasteiger charge is -2.18. The molecule has 0 aliphatic heterocycles. The molecule has 0 radical (unpaired) electrons. The van der Waals surface area contributed by atoms with E-state index in [-0.39, 0.29) is 6.04 Å². The van der Waals surface area contributed by atoms with Crippen LogP contribution in [-0.4, -0.2) is 13.3 Å². The summed E-state index contributed by atoms with van der Waals surface area (Å²) in [5, 5.41) is 4.20. The third-order valence-electron chi connectivity index (χ3n) is 3.25. The molecule has 0 amide bonds. The van der Waals surface area contributed by atoms with Crippen molar-refractivity contribution >= 4 is 23.4 Å². The summed E-state index contributed by atoms with van der Waals surface area (Å²) >= 11 is 7.99. The molecule has 2 aromatic carbocycles. The SMILES string of the molecule is CNC(Cc1ccccc1Cl)c1ccc(SC)cc1. The van der Waals surface area contributed by atoms with E-state index in [1.165, 1.54) is 16.0 Å². The van der Waals surface area contributed by atoms with Gasteiger partial charge in [-0.3, -0.25) is 0 Å². The van der Waals surface area contributed by atoms with E-state index in [2.05, 4.69) is 41.9 Å². The maximum absolute atomic E-state index is 6.23. The highest BCUT2D eigenvalue weighted by molar-refractivity contribution is 7.98. The number of halogens is 1. The van der Waals surface area contributed by atoms with Crippen LogP contribution < -0.4 is 5.32 Å². The van der Waals surface area contributed by atoms with Crippen molar-refractivity contribution in [3.63, 3.8) is 0 Å². The third kappa shape index (κ3) is 3.75. The third-order valence-corrected chi connectivity index (χ3v) is 4.36. The standard InChI is InChI=1S/C16H18ClNS/c1-18-16(11-13-5-3-4-6-15(13)17)12-7-9-14(19-2)10-8-12/h3-10,16,18H,11H2,1-2H3. The molecule has 2 aromatic rings. The lowest BCUT2D eigenvalue weighted by Crippen LogP contribution is -2.18. The van der Waals surface area contributed by atoms with E-state index < -0.39 is 0 Å². The Kier molecular flexibility index (Phi) is 5.32. The molecule has 19 heavy (non-hydrogen) atoms. The van der Waals surface area contributed by atoms with Crippen molar-refractivity contribution in [2.24, 2.45) is 0 Å². The first-order chi connectivity index (χ1) is 9.24. The first-order valence-corrected chi connectivity index (χ1v) is 7.89. The number of thioether (sulfide) groups is 1. The van der Waals surface area contributed by atoms with Gasteiger partial charge in [0.05, 0.1) is 0 Å². The van der Waals surface area contributed by atoms with Crippen molar-refractivity contribution in [1.82, 2.24) is 5.32 Å². The number of nitrogens with one attached hydrogen (secondary N) is 1. The molecule has 0 spiro atoms. The summed E-state index contributed by atoms with van der Waals surface area (Å²) in [4.78, 5) is 1.29. The van der Waals surface area contributed by atoms with Gasteiger partial charge in [-0.25, -0.2) is 0 Å². The summed E-state index contributed by atoms with van der Waals surface area (Å²) in [5.41, 5.74) is 2.47. The number of hydrogen-bond acceptors (Lipinski definition) is 2. The molecule has 0 bridgehead atoms. The second kappa shape index (κ2) is 6.99. The molecule has 0 saturated heterocycles. The molecule has 0 heterocycles. The van der Waals surface area contributed by atoms with E-state index in [4.69, 9.17) is 11.6 Å². The van der Waals surface area contributed by atoms with Gasteiger partial charge in [0.25, 0.3) is 0 Å². The maximum atomic E-state index is 6.23. The zero-order chi connectivity index (χ0) is 13.7. The van der Waals surface area contributed by atoms with Gasteiger partial charge in [0.1, 0.15) is 0 Å². The smallest absolute Gasteiger partial charge is 0.0438 e. The lowest BCUT2D eigenvalue weighted by atomic mass is 9.99. The largest absolute Gasteiger partial charge is 0.313 e. The first kappa shape index (κ1) is 14.4. The fraction of sp³-hybridized carbons (Fsp3) is 0.250. The predicted octanol–water partition coefficient (Wildman–Crippen LogP) is 4.57. The normalized spacial score (nSPS) is 12.4. The molecule has 1 N–H and O–H groups in total. The Morgan fingerprint density at radius 1 is 1.11 bits per heavy atom. The Bertz CT molecular complexity index is 525. The van der Waals surface area contributed by atoms with Crippen LogP contribution in [0.25, 0.3) is 0 Å². The fourth-order valence-electron chi connectivity index (χ4n) is 2.11. The Morgan fingerprint density at radius 3 is 2.37 bits per heavy atom. The minimum atomic E-state index is 0.288. The van der Waals surface area contributed by atoms with Crippen molar-refractivity contribution in [3.8, 4) is 0 Å². The van der Waals surface area contributed by atoms with Crippen LogP contribution in [0.15, 0.2) is 53.4 Å². The van der Waals surface area contributed by atoms with Gasteiger partial charge >= 0.3 is 0 Å². The number of likely N-dealkylation sites (N-methyl/N-ethyl adjacent to an activating group) is 1. The summed E-state index contributed by atoms with van der Waals surface area (Å²) in [7, 11) is 1.99. The highest BCUT2D eigenvalue weighted by Gasteiger charge is 2.11. The fourth-order valence-corrected chi connectivity index (χ4v) is 2.73. The van der Waals surface area contributed by atoms with Crippen LogP contribution in [0.4, 0.5) is 0 Å². The molecule has 1 atom stereocenters. The highest BCUT2D eigenvalue weighted by atomic mass is 35.5. The van der Waals surface area contributed by atoms with Crippen molar-refractivity contribution in [1.29, 1.82) is 0 Å². The summed E-state index contributed by atoms with van der Waals surface area (Å²) in [6.45, 7) is 0. The zero-order valence-corrected chi connectivity index (χ0v) is 12.8. The molecule has 100 valence electrons. The molecule has 1 nitrogen and oxygen atoms in total. The number of hydrogen-bond donors (Lipinski definition) is 1. The Labute approximate surface area is 124 Å². The van der Waals surface area contributed by atoms with Gasteiger partial charge in [0, 0.05) is 16.0 Å². The second-order valence-corrected chi connectivity index (χ2v) is 5.70. The average Bonchev–Trinajstić information content (AvgIpc) is 2.47. The van der Waals surface area contributed by atoms with Crippen LogP contribution in [0.3, 0.4) is 0 Å². The molecule has 0 aromatic heterocycles. The molecule has 0 aliphatic rings. The maximum Gasteiger partial charge on any atom is 0.0438 e. The van der Waals surface area contributed by atoms with E-state index >= 15 is 0 Å². The van der Waals surface area contributed by atoms with Crippen LogP contribution >= 0.6 is 23.4 Å². The summed E-state index contributed by atoms with van der Waals surface area (Å²) < 4.78 is 0. The van der Waals surface area contributed by atoms with Crippen molar-refractivity contribution < 1.29 is 0 Å². The van der Waals surface area contributed by atoms with E-state index in [1.807, 2.05) is 25.2 Å². The van der Waals surface area contributed by atoms with E-state index in [0.29, 0.717) is 0 Å². The molecule has 1 unspecified atom stereocenters. The Hall–Kier alpha value is -0.960. The van der Waals surface area contributed by atoms with Crippen molar-refractivity contribution in [2.75, 3.05) is 13.3 Å². The molecule has 0 fully saturated rings. The van der Waals surface area contributed by atoms with Gasteiger partial charge in [0.15, 0.2) is 0 Å². The molecular weight excluding hydrogens is 274 g/mol. The first-order valence-electron chi connectivity index (χ1n) is 6.29. The van der Waals surface area contributed by atoms with Crippen LogP contribution in [-0.2, 0) is 6.42 Å². The van der Waals surface area contributed by atoms with Gasteiger partial charge in [-0.15, -0.1) is 11.8 Å². The lowest BCUT2D eigenvalue weighted by molar-refractivity contribution is 0.592. The summed E-state index contributed by atoms with van der Waals surface area (Å²) in [6, 6.07) is 17.0. The Balaban J connectivity index is 2.17. The van der Waals surface area contributed by atoms with Crippen LogP contribution in [0, 0.1) is 0 Å². The van der Waals surface area contributed by atoms with Crippen LogP contribution in [0.1, 0.15) is 17.2 Å². The Morgan fingerprint density at radius 2 is 1.79 bits per heavy atom. The topological polar surface area (TPSA) is 12.0 Å². The number of rotatable bonds is 5. The molecule has 3 heteroatoms. The van der Waals surface area contributed by atoms with E-state index in [9.17, 15) is 0 Å². The van der Waals surface area contributed by atoms with Crippen molar-refractivity contribution in [3.05, 3.63) is 64.7 Å². The van der Waals surface area contributed by atoms with Crippen molar-refractivity contribution in [2.45, 2.75) is 17.4 Å². The molecule has 0 saturated carbocycles. The highest BCUT2D eigenvalue weighted by Crippen LogP contribution is 2.24. The quantitative estimate of drug-likeness (QED) is 0.810. The molecule has 2 rings (SSSR count). The average molecular weight is 292 g/mol. The van der Waals surface area contributed by atoms with Gasteiger partial charge < -0.3 is 5.32 Å². The van der Waals surface area contributed by atoms with Crippen LogP contribution in [0.2, 0.25) is 5.02 Å². The summed E-state index contributed by atoms with van der Waals surface area (Å²) in [5.74, 6) is 0. The van der Waals surface area contributed by atoms with E-state index in [1.54, 1.807) is 11.8 Å². The van der Waals surface area contributed by atoms with Gasteiger partial charge in [0.2, 0.25) is 0 Å². The predicted molar refractivity (Wildman–Crippen MR) is 85.2 cm³/mol. The van der Waals surface area contributed by atoms with Gasteiger partial charge in [-0.1, -0.05) is 41.9 Å². The monoisotopic (exact) mass is 291 g/mol. The molecule has 0 aliphatic carbocycles. The number of benzene rings is 2.